The van der Waals surface area contributed by atoms with Crippen molar-refractivity contribution in [3.8, 4) is 5.75 Å². The fourth-order valence-electron chi connectivity index (χ4n) is 6.10. The first kappa shape index (κ1) is 31.3. The number of imidazole rings is 1. The van der Waals surface area contributed by atoms with Gasteiger partial charge < -0.3 is 25.5 Å². The number of rotatable bonds is 9. The van der Waals surface area contributed by atoms with Crippen molar-refractivity contribution in [2.45, 2.75) is 37.8 Å². The van der Waals surface area contributed by atoms with Crippen LogP contribution in [0.4, 0.5) is 17.6 Å². The molecule has 238 valence electrons. The van der Waals surface area contributed by atoms with Gasteiger partial charge in [-0.15, -0.1) is 0 Å². The summed E-state index contributed by atoms with van der Waals surface area (Å²) in [5.41, 5.74) is 8.35. The molecule has 46 heavy (non-hydrogen) atoms. The van der Waals surface area contributed by atoms with Gasteiger partial charge >= 0.3 is 0 Å². The number of benzene rings is 4. The van der Waals surface area contributed by atoms with Gasteiger partial charge in [-0.2, -0.15) is 0 Å². The average Bonchev–Trinajstić information content (AvgIpc) is 3.42. The van der Waals surface area contributed by atoms with Crippen LogP contribution in [0.25, 0.3) is 11.0 Å². The maximum Gasteiger partial charge on any atom is 0.219 e. The Bertz CT molecular complexity index is 1850. The van der Waals surface area contributed by atoms with Crippen molar-refractivity contribution in [2.75, 3.05) is 19.8 Å². The van der Waals surface area contributed by atoms with Crippen LogP contribution in [0.3, 0.4) is 0 Å². The zero-order valence-electron chi connectivity index (χ0n) is 25.2. The van der Waals surface area contributed by atoms with Crippen molar-refractivity contribution >= 4 is 16.9 Å². The van der Waals surface area contributed by atoms with Crippen LogP contribution in [0.1, 0.15) is 46.1 Å². The molecule has 0 bridgehead atoms. The highest BCUT2D eigenvalue weighted by Crippen LogP contribution is 2.47. The van der Waals surface area contributed by atoms with E-state index in [1.165, 1.54) is 30.3 Å². The highest BCUT2D eigenvalue weighted by molar-refractivity contribution is 5.79. The lowest BCUT2D eigenvalue weighted by Gasteiger charge is -2.36. The molecule has 3 atom stereocenters. The Hall–Kier alpha value is -4.74. The molecule has 0 aliphatic carbocycles. The van der Waals surface area contributed by atoms with E-state index in [0.29, 0.717) is 12.6 Å². The summed E-state index contributed by atoms with van der Waals surface area (Å²) in [5, 5.41) is 3.39. The number of morpholine rings is 1. The lowest BCUT2D eigenvalue weighted by molar-refractivity contribution is -0.118. The van der Waals surface area contributed by atoms with Crippen LogP contribution >= 0.6 is 0 Å². The number of nitrogens with two attached hydrogens (primary N) is 1. The van der Waals surface area contributed by atoms with Gasteiger partial charge in [0.25, 0.3) is 0 Å². The number of aryl methyl sites for hydroxylation is 2. The number of para-hydroxylation sites is 1. The molecule has 1 fully saturated rings. The number of nitrogens with zero attached hydrogens (tertiary/aromatic N) is 1. The van der Waals surface area contributed by atoms with Gasteiger partial charge in [0.1, 0.15) is 36.0 Å². The summed E-state index contributed by atoms with van der Waals surface area (Å²) < 4.78 is 71.1. The molecule has 0 radical (unpaired) electrons. The number of ether oxygens (including phenoxy) is 2. The number of H-pyrrole nitrogens is 1. The van der Waals surface area contributed by atoms with E-state index in [1.54, 1.807) is 0 Å². The molecule has 4 aromatic carbocycles. The summed E-state index contributed by atoms with van der Waals surface area (Å²) in [6.07, 6.45) is -1.03. The maximum absolute atomic E-state index is 15.6. The quantitative estimate of drug-likeness (QED) is 0.136. The van der Waals surface area contributed by atoms with Crippen LogP contribution in [0, 0.1) is 37.1 Å². The Kier molecular flexibility index (Phi) is 8.54. The highest BCUT2D eigenvalue weighted by Gasteiger charge is 2.42. The molecule has 0 saturated carbocycles. The molecule has 0 spiro atoms. The van der Waals surface area contributed by atoms with Crippen molar-refractivity contribution in [3.05, 3.63) is 130 Å². The second-order valence-electron chi connectivity index (χ2n) is 11.6. The van der Waals surface area contributed by atoms with Crippen LogP contribution in [0.5, 0.6) is 5.75 Å². The SMILES string of the molecule is Cc1cc2nc([C@@H]3CO[C@H](COc4c(F)cccc4[C@@](CC(N)=O)(c4ccc(F)cc4)c4cc(F)cc(F)c4)CN3)[nH]c2cc1C. The summed E-state index contributed by atoms with van der Waals surface area (Å²) in [4.78, 5) is 20.7. The zero-order chi connectivity index (χ0) is 32.6. The lowest BCUT2D eigenvalue weighted by Crippen LogP contribution is -2.44. The molecule has 1 aromatic heterocycles. The molecule has 2 heterocycles. The Balaban J connectivity index is 1.31. The minimum absolute atomic E-state index is 0.0273. The predicted molar refractivity (Wildman–Crippen MR) is 164 cm³/mol. The molecule has 5 aromatic rings. The van der Waals surface area contributed by atoms with Crippen LogP contribution < -0.4 is 15.8 Å². The van der Waals surface area contributed by atoms with Crippen molar-refractivity contribution in [2.24, 2.45) is 5.73 Å². The minimum Gasteiger partial charge on any atom is -0.487 e. The number of nitrogens with one attached hydrogen (secondary N) is 2. The van der Waals surface area contributed by atoms with E-state index in [9.17, 15) is 18.0 Å². The zero-order valence-corrected chi connectivity index (χ0v) is 25.2. The minimum atomic E-state index is -1.74. The smallest absolute Gasteiger partial charge is 0.219 e. The Labute approximate surface area is 262 Å². The van der Waals surface area contributed by atoms with E-state index in [2.05, 4.69) is 16.4 Å². The number of amides is 1. The molecule has 1 aliphatic heterocycles. The van der Waals surface area contributed by atoms with E-state index >= 15 is 4.39 Å². The Morgan fingerprint density at radius 1 is 0.957 bits per heavy atom. The molecule has 4 N–H and O–H groups in total. The molecule has 1 amide bonds. The highest BCUT2D eigenvalue weighted by atomic mass is 19.1. The number of fused-ring (bicyclic) bond motifs is 1. The van der Waals surface area contributed by atoms with Crippen molar-refractivity contribution in [3.63, 3.8) is 0 Å². The van der Waals surface area contributed by atoms with Crippen LogP contribution in [0.15, 0.2) is 72.8 Å². The molecule has 11 heteroatoms. The number of hydrogen-bond donors (Lipinski definition) is 3. The maximum atomic E-state index is 15.6. The average molecular weight is 633 g/mol. The Morgan fingerprint density at radius 2 is 1.67 bits per heavy atom. The number of halogens is 4. The van der Waals surface area contributed by atoms with E-state index in [-0.39, 0.29) is 41.7 Å². The first-order valence-electron chi connectivity index (χ1n) is 14.8. The van der Waals surface area contributed by atoms with Crippen molar-refractivity contribution < 1.29 is 31.8 Å². The molecule has 0 unspecified atom stereocenters. The second-order valence-corrected chi connectivity index (χ2v) is 11.6. The van der Waals surface area contributed by atoms with Gasteiger partial charge in [0.2, 0.25) is 5.91 Å². The topological polar surface area (TPSA) is 102 Å². The number of hydrogen-bond acceptors (Lipinski definition) is 5. The second kappa shape index (κ2) is 12.6. The number of carbonyl (C=O) groups excluding carboxylic acids is 1. The summed E-state index contributed by atoms with van der Waals surface area (Å²) in [5.74, 6) is -3.57. The van der Waals surface area contributed by atoms with Crippen molar-refractivity contribution in [1.82, 2.24) is 15.3 Å². The summed E-state index contributed by atoms with van der Waals surface area (Å²) >= 11 is 0. The molecule has 1 saturated heterocycles. The number of aromatic nitrogens is 2. The molecular formula is C35H32F4N4O3. The van der Waals surface area contributed by atoms with Crippen LogP contribution in [0.2, 0.25) is 0 Å². The molecule has 6 rings (SSSR count). The Morgan fingerprint density at radius 3 is 2.35 bits per heavy atom. The van der Waals surface area contributed by atoms with Gasteiger partial charge in [-0.05, 0) is 78.6 Å². The summed E-state index contributed by atoms with van der Waals surface area (Å²) in [6.45, 7) is 4.59. The first-order valence-corrected chi connectivity index (χ1v) is 14.8. The lowest BCUT2D eigenvalue weighted by atomic mass is 9.66. The predicted octanol–water partition coefficient (Wildman–Crippen LogP) is 6.05. The van der Waals surface area contributed by atoms with Gasteiger partial charge in [0.15, 0.2) is 11.6 Å². The number of carbonyl (C=O) groups is 1. The van der Waals surface area contributed by atoms with E-state index in [0.717, 1.165) is 52.3 Å². The van der Waals surface area contributed by atoms with Gasteiger partial charge in [-0.1, -0.05) is 24.3 Å². The van der Waals surface area contributed by atoms with Crippen molar-refractivity contribution in [1.29, 1.82) is 0 Å². The fraction of sp³-hybridized carbons (Fsp3) is 0.257. The van der Waals surface area contributed by atoms with Crippen LogP contribution in [-0.4, -0.2) is 41.7 Å². The normalized spacial score (nSPS) is 18.0. The number of primary amides is 1. The summed E-state index contributed by atoms with van der Waals surface area (Å²) in [6, 6.07) is 15.7. The fourth-order valence-corrected chi connectivity index (χ4v) is 6.10. The molecule has 1 aliphatic rings. The van der Waals surface area contributed by atoms with Gasteiger partial charge in [0.05, 0.1) is 29.1 Å². The molecule has 7 nitrogen and oxygen atoms in total. The number of aromatic amines is 1. The molecular weight excluding hydrogens is 600 g/mol. The van der Waals surface area contributed by atoms with E-state index in [1.807, 2.05) is 19.9 Å². The largest absolute Gasteiger partial charge is 0.487 e. The third-order valence-corrected chi connectivity index (χ3v) is 8.51. The standard InChI is InChI=1S/C35H32F4N4O3/c1-19-10-29-30(11-20(19)2)43-34(42-29)31-18-45-26(16-41-31)17-46-33-27(4-3-5-28(33)39)35(15-32(40)44,21-6-8-23(36)9-7-21)22-12-24(37)14-25(38)13-22/h3-14,26,31,41H,15-18H2,1-2H3,(H2,40,44)(H,42,43)/t26-,31-,35-/m0/s1. The van der Waals surface area contributed by atoms with E-state index < -0.39 is 47.1 Å². The van der Waals surface area contributed by atoms with Gasteiger partial charge in [-0.3, -0.25) is 4.79 Å². The summed E-state index contributed by atoms with van der Waals surface area (Å²) in [7, 11) is 0. The van der Waals surface area contributed by atoms with Crippen LogP contribution in [-0.2, 0) is 14.9 Å². The van der Waals surface area contributed by atoms with Gasteiger partial charge in [-0.25, -0.2) is 22.5 Å². The van der Waals surface area contributed by atoms with E-state index in [4.69, 9.17) is 20.2 Å². The third-order valence-electron chi connectivity index (χ3n) is 8.51. The third kappa shape index (κ3) is 6.08. The monoisotopic (exact) mass is 632 g/mol. The van der Waals surface area contributed by atoms with Gasteiger partial charge in [0, 0.05) is 24.6 Å². The first-order chi connectivity index (χ1) is 22.0.